The zero-order chi connectivity index (χ0) is 16.9. The smallest absolute Gasteiger partial charge is 0.330 e. The van der Waals surface area contributed by atoms with Crippen LogP contribution in [-0.2, 0) is 17.2 Å². The van der Waals surface area contributed by atoms with Gasteiger partial charge in [0.15, 0.2) is 0 Å². The SMILES string of the molecule is COc1cc(S(=O)C(F)(F)CC(F)F)c(OC)cc1CCN. The Morgan fingerprint density at radius 3 is 2.27 bits per heavy atom. The Morgan fingerprint density at radius 1 is 1.23 bits per heavy atom. The van der Waals surface area contributed by atoms with Crippen molar-refractivity contribution in [3.05, 3.63) is 17.7 Å². The van der Waals surface area contributed by atoms with Gasteiger partial charge in [-0.1, -0.05) is 0 Å². The molecular weight excluding hydrogens is 326 g/mol. The molecule has 0 fully saturated rings. The molecule has 0 aromatic heterocycles. The summed E-state index contributed by atoms with van der Waals surface area (Å²) in [4.78, 5) is -0.397. The first-order chi connectivity index (χ1) is 10.3. The molecule has 1 unspecified atom stereocenters. The molecule has 0 aliphatic carbocycles. The summed E-state index contributed by atoms with van der Waals surface area (Å²) in [7, 11) is -0.480. The summed E-state index contributed by atoms with van der Waals surface area (Å²) < 4.78 is 73.7. The minimum atomic E-state index is -4.08. The van der Waals surface area contributed by atoms with E-state index in [-0.39, 0.29) is 18.0 Å². The maximum atomic E-state index is 13.7. The molecule has 22 heavy (non-hydrogen) atoms. The summed E-state index contributed by atoms with van der Waals surface area (Å²) in [5.74, 6) is 0.110. The first kappa shape index (κ1) is 18.7. The van der Waals surface area contributed by atoms with Crippen LogP contribution in [0.3, 0.4) is 0 Å². The van der Waals surface area contributed by atoms with Crippen LogP contribution in [0, 0.1) is 0 Å². The summed E-state index contributed by atoms with van der Waals surface area (Å²) >= 11 is 0. The molecule has 4 nitrogen and oxygen atoms in total. The fourth-order valence-corrected chi connectivity index (χ4v) is 2.98. The van der Waals surface area contributed by atoms with Crippen LogP contribution in [0.15, 0.2) is 17.0 Å². The van der Waals surface area contributed by atoms with Crippen LogP contribution >= 0.6 is 0 Å². The molecule has 0 saturated carbocycles. The maximum absolute atomic E-state index is 13.7. The molecule has 0 spiro atoms. The third-order valence-electron chi connectivity index (χ3n) is 2.84. The minimum absolute atomic E-state index is 0.0866. The largest absolute Gasteiger partial charge is 0.496 e. The highest BCUT2D eigenvalue weighted by molar-refractivity contribution is 7.86. The van der Waals surface area contributed by atoms with E-state index in [0.29, 0.717) is 12.0 Å². The van der Waals surface area contributed by atoms with E-state index in [0.717, 1.165) is 6.07 Å². The van der Waals surface area contributed by atoms with E-state index in [9.17, 15) is 21.8 Å². The molecular formula is C13H17F4NO3S. The first-order valence-electron chi connectivity index (χ1n) is 6.29. The van der Waals surface area contributed by atoms with Crippen molar-refractivity contribution < 1.29 is 31.2 Å². The Labute approximate surface area is 128 Å². The molecule has 1 aromatic carbocycles. The average molecular weight is 343 g/mol. The van der Waals surface area contributed by atoms with E-state index < -0.39 is 33.8 Å². The van der Waals surface area contributed by atoms with Gasteiger partial charge >= 0.3 is 5.25 Å². The Balaban J connectivity index is 3.30. The molecule has 0 amide bonds. The van der Waals surface area contributed by atoms with Crippen molar-refractivity contribution in [2.75, 3.05) is 20.8 Å². The molecule has 1 aromatic rings. The summed E-state index contributed by atoms with van der Waals surface area (Å²) in [6, 6.07) is 2.48. The number of alkyl halides is 4. The van der Waals surface area contributed by atoms with Crippen molar-refractivity contribution in [1.29, 1.82) is 0 Å². The average Bonchev–Trinajstić information content (AvgIpc) is 2.45. The van der Waals surface area contributed by atoms with Crippen molar-refractivity contribution in [3.8, 4) is 11.5 Å². The highest BCUT2D eigenvalue weighted by Crippen LogP contribution is 2.38. The van der Waals surface area contributed by atoms with E-state index in [2.05, 4.69) is 0 Å². The molecule has 0 radical (unpaired) electrons. The molecule has 0 bridgehead atoms. The lowest BCUT2D eigenvalue weighted by Gasteiger charge is -2.19. The first-order valence-corrected chi connectivity index (χ1v) is 7.44. The van der Waals surface area contributed by atoms with Gasteiger partial charge in [0.05, 0.1) is 25.5 Å². The molecule has 0 aliphatic rings. The van der Waals surface area contributed by atoms with Crippen molar-refractivity contribution in [1.82, 2.24) is 0 Å². The van der Waals surface area contributed by atoms with Crippen LogP contribution in [0.4, 0.5) is 17.6 Å². The summed E-state index contributed by atoms with van der Waals surface area (Å²) in [5, 5.41) is -4.08. The molecule has 126 valence electrons. The lowest BCUT2D eigenvalue weighted by Crippen LogP contribution is -2.26. The summed E-state index contributed by atoms with van der Waals surface area (Å²) in [5.41, 5.74) is 6.02. The maximum Gasteiger partial charge on any atom is 0.330 e. The van der Waals surface area contributed by atoms with Gasteiger partial charge in [0.1, 0.15) is 22.3 Å². The highest BCUT2D eigenvalue weighted by atomic mass is 32.2. The predicted octanol–water partition coefficient (Wildman–Crippen LogP) is 2.56. The van der Waals surface area contributed by atoms with Crippen molar-refractivity contribution in [2.45, 2.75) is 29.4 Å². The van der Waals surface area contributed by atoms with Gasteiger partial charge in [0, 0.05) is 6.07 Å². The van der Waals surface area contributed by atoms with Gasteiger partial charge < -0.3 is 15.2 Å². The monoisotopic (exact) mass is 343 g/mol. The highest BCUT2D eigenvalue weighted by Gasteiger charge is 2.42. The standard InChI is InChI=1S/C13H17F4NO3S/c1-20-9-6-11(10(21-2)5-8(9)3-4-18)22(19)13(16,17)7-12(14)15/h5-6,12H,3-4,7,18H2,1-2H3. The number of halogens is 4. The van der Waals surface area contributed by atoms with Gasteiger partial charge in [-0.05, 0) is 24.6 Å². The number of ether oxygens (including phenoxy) is 2. The lowest BCUT2D eigenvalue weighted by molar-refractivity contribution is 0.0148. The number of nitrogens with two attached hydrogens (primary N) is 1. The van der Waals surface area contributed by atoms with Gasteiger partial charge in [-0.2, -0.15) is 8.78 Å². The summed E-state index contributed by atoms with van der Waals surface area (Å²) in [6.07, 6.45) is -4.68. The molecule has 2 N–H and O–H groups in total. The predicted molar refractivity (Wildman–Crippen MR) is 74.3 cm³/mol. The minimum Gasteiger partial charge on any atom is -0.496 e. The topological polar surface area (TPSA) is 61.5 Å². The molecule has 0 heterocycles. The van der Waals surface area contributed by atoms with Gasteiger partial charge in [-0.15, -0.1) is 0 Å². The molecule has 0 aliphatic heterocycles. The van der Waals surface area contributed by atoms with Crippen molar-refractivity contribution in [3.63, 3.8) is 0 Å². The molecule has 9 heteroatoms. The Bertz CT molecular complexity index is 540. The van der Waals surface area contributed by atoms with Gasteiger partial charge in [-0.25, -0.2) is 13.0 Å². The van der Waals surface area contributed by atoms with Crippen LogP contribution in [0.25, 0.3) is 0 Å². The second-order valence-electron chi connectivity index (χ2n) is 4.35. The number of hydrogen-bond acceptors (Lipinski definition) is 4. The number of methoxy groups -OCH3 is 2. The lowest BCUT2D eigenvalue weighted by atomic mass is 10.1. The number of rotatable bonds is 8. The van der Waals surface area contributed by atoms with Crippen molar-refractivity contribution in [2.24, 2.45) is 5.73 Å². The van der Waals surface area contributed by atoms with E-state index in [1.54, 1.807) is 0 Å². The normalized spacial score (nSPS) is 13.3. The Morgan fingerprint density at radius 2 is 1.82 bits per heavy atom. The van der Waals surface area contributed by atoms with Gasteiger partial charge in [0.25, 0.3) is 0 Å². The van der Waals surface area contributed by atoms with Gasteiger partial charge in [0.2, 0.25) is 6.43 Å². The Kier molecular flexibility index (Phi) is 6.61. The van der Waals surface area contributed by atoms with E-state index in [4.69, 9.17) is 15.2 Å². The fourth-order valence-electron chi connectivity index (χ4n) is 1.84. The third-order valence-corrected chi connectivity index (χ3v) is 4.27. The zero-order valence-electron chi connectivity index (χ0n) is 12.1. The quantitative estimate of drug-likeness (QED) is 0.737. The zero-order valence-corrected chi connectivity index (χ0v) is 12.9. The van der Waals surface area contributed by atoms with Crippen LogP contribution < -0.4 is 15.2 Å². The van der Waals surface area contributed by atoms with Crippen LogP contribution in [-0.4, -0.2) is 36.7 Å². The number of hydrogen-bond donors (Lipinski definition) is 1. The third kappa shape index (κ3) is 4.33. The van der Waals surface area contributed by atoms with E-state index >= 15 is 0 Å². The van der Waals surface area contributed by atoms with Crippen molar-refractivity contribution >= 4 is 10.8 Å². The molecule has 0 saturated heterocycles. The van der Waals surface area contributed by atoms with Crippen LogP contribution in [0.1, 0.15) is 12.0 Å². The fraction of sp³-hybridized carbons (Fsp3) is 0.538. The van der Waals surface area contributed by atoms with Crippen LogP contribution in [0.2, 0.25) is 0 Å². The van der Waals surface area contributed by atoms with E-state index in [1.807, 2.05) is 0 Å². The number of benzene rings is 1. The Hall–Kier alpha value is -1.35. The summed E-state index contributed by atoms with van der Waals surface area (Å²) in [6.45, 7) is 0.281. The van der Waals surface area contributed by atoms with E-state index in [1.165, 1.54) is 20.3 Å². The van der Waals surface area contributed by atoms with Gasteiger partial charge in [-0.3, -0.25) is 0 Å². The van der Waals surface area contributed by atoms with Crippen LogP contribution in [0.5, 0.6) is 11.5 Å². The molecule has 1 rings (SSSR count). The second kappa shape index (κ2) is 7.77. The molecule has 1 atom stereocenters. The second-order valence-corrected chi connectivity index (χ2v) is 5.93.